The fraction of sp³-hybridized carbons (Fsp3) is 0. The molecule has 0 aromatic heterocycles. The molecule has 0 amide bonds. The summed E-state index contributed by atoms with van der Waals surface area (Å²) in [6, 6.07) is 0. The Bertz CT molecular complexity index is 43.9. The minimum atomic E-state index is 0. The third kappa shape index (κ3) is 780. The maximum Gasteiger partial charge on any atom is 6.00 e. The molecule has 136 valence electrons. The number of hydrogen-bond acceptors (Lipinski definition) is 0. The van der Waals surface area contributed by atoms with Gasteiger partial charge in [0.1, 0.15) is 0 Å². The number of rotatable bonds is 0. The third-order valence-corrected chi connectivity index (χ3v) is 0. The van der Waals surface area contributed by atoms with Crippen LogP contribution in [0.3, 0.4) is 0 Å². The smallest absolute Gasteiger partial charge is 3.00 e. The SMILES string of the molecule is [Mo+6].[Mo+6].[Mo+6].[Mo+6].[Mo+6].[N-3].[N-3].[N-3].[N-3].[N-3].[N-3].[O-2].[O-2].[O-2].[O-2].[O-2].[O-2].[SiH4].[SiH4].[SiH4].[SiH4].[SiH4]. The van der Waals surface area contributed by atoms with E-state index in [2.05, 4.69) is 0 Å². The largest absolute Gasteiger partial charge is 6.00 e. The molecule has 0 radical (unpaired) electrons. The molecular formula is H20Mo5N6O6Si5. The Balaban J connectivity index is 0. The zero-order chi connectivity index (χ0) is 0. The van der Waals surface area contributed by atoms with E-state index < -0.39 is 0 Å². The average molecular weight is 820 g/mol. The first-order valence-corrected chi connectivity index (χ1v) is 0. The summed E-state index contributed by atoms with van der Waals surface area (Å²) in [4.78, 5) is 0. The zero-order valence-corrected chi connectivity index (χ0v) is 17.2. The van der Waals surface area contributed by atoms with Gasteiger partial charge in [0.05, 0.1) is 0 Å². The van der Waals surface area contributed by atoms with Gasteiger partial charge in [-0.25, -0.2) is 0 Å². The van der Waals surface area contributed by atoms with Gasteiger partial charge in [0.15, 0.2) is 0 Å². The van der Waals surface area contributed by atoms with Gasteiger partial charge < -0.3 is 69.8 Å². The Labute approximate surface area is 227 Å². The van der Waals surface area contributed by atoms with E-state index in [9.17, 15) is 0 Å². The Morgan fingerprint density at radius 2 is 0.182 bits per heavy atom. The first-order valence-electron chi connectivity index (χ1n) is 0. The van der Waals surface area contributed by atoms with E-state index in [0.29, 0.717) is 0 Å². The minimum absolute atomic E-state index is 0. The Morgan fingerprint density at radius 1 is 0.182 bits per heavy atom. The predicted octanol–water partition coefficient (Wildman–Crippen LogP) is -6.25. The van der Waals surface area contributed by atoms with Gasteiger partial charge in [-0.05, 0) is 54.8 Å². The van der Waals surface area contributed by atoms with Crippen LogP contribution in [0, 0.1) is 0 Å². The summed E-state index contributed by atoms with van der Waals surface area (Å²) in [5.41, 5.74) is 0. The molecule has 0 bridgehead atoms. The van der Waals surface area contributed by atoms with Crippen molar-refractivity contribution in [3.05, 3.63) is 36.9 Å². The molecule has 0 rings (SSSR count). The molecule has 0 aliphatic carbocycles. The second-order valence-electron chi connectivity index (χ2n) is 0. The summed E-state index contributed by atoms with van der Waals surface area (Å²) in [6.45, 7) is 0. The molecule has 0 atom stereocenters. The van der Waals surface area contributed by atoms with Crippen molar-refractivity contribution >= 4 is 54.8 Å². The predicted molar refractivity (Wildman–Crippen MR) is 80.9 cm³/mol. The maximum absolute atomic E-state index is 0. The van der Waals surface area contributed by atoms with Gasteiger partial charge in [-0.1, -0.05) is 0 Å². The monoisotopic (exact) mass is 830 g/mol. The van der Waals surface area contributed by atoms with Crippen LogP contribution in [-0.4, -0.2) is 54.8 Å². The van der Waals surface area contributed by atoms with Crippen molar-refractivity contribution in [2.45, 2.75) is 0 Å². The van der Waals surface area contributed by atoms with Gasteiger partial charge in [-0.2, -0.15) is 0 Å². The van der Waals surface area contributed by atoms with Crippen molar-refractivity contribution in [3.63, 3.8) is 0 Å². The zero-order valence-electron chi connectivity index (χ0n) is 7.17. The van der Waals surface area contributed by atoms with Crippen molar-refractivity contribution < 1.29 is 138 Å². The van der Waals surface area contributed by atoms with Gasteiger partial charge in [0.2, 0.25) is 0 Å². The Hall–Kier alpha value is 4.05. The summed E-state index contributed by atoms with van der Waals surface area (Å²) in [7, 11) is 0. The van der Waals surface area contributed by atoms with Gasteiger partial charge in [0, 0.05) is 0 Å². The van der Waals surface area contributed by atoms with E-state index in [0.717, 1.165) is 0 Å². The molecule has 0 saturated heterocycles. The number of hydrogen-bond donors (Lipinski definition) is 0. The van der Waals surface area contributed by atoms with Crippen LogP contribution in [-0.2, 0) is 138 Å². The van der Waals surface area contributed by atoms with E-state index in [-0.39, 0.29) is 230 Å². The van der Waals surface area contributed by atoms with E-state index in [4.69, 9.17) is 0 Å². The topological polar surface area (TPSA) is 354 Å². The number of nitrogens with zero attached hydrogens (tertiary/aromatic N) is 6. The normalized spacial score (nSPS) is 0. The minimum Gasteiger partial charge on any atom is -3.00 e. The van der Waals surface area contributed by atoms with Gasteiger partial charge in [0.25, 0.3) is 0 Å². The Morgan fingerprint density at radius 3 is 0.182 bits per heavy atom. The van der Waals surface area contributed by atoms with Gasteiger partial charge in [-0.15, -0.1) is 0 Å². The molecule has 0 aliphatic rings. The fourth-order valence-electron chi connectivity index (χ4n) is 0. The summed E-state index contributed by atoms with van der Waals surface area (Å²) >= 11 is 0. The summed E-state index contributed by atoms with van der Waals surface area (Å²) in [5, 5.41) is 0. The average Bonchev–Trinajstić information content (AvgIpc) is 0. The molecule has 0 heterocycles. The fourth-order valence-corrected chi connectivity index (χ4v) is 0. The Kier molecular flexibility index (Phi) is 40100. The van der Waals surface area contributed by atoms with Crippen LogP contribution >= 0.6 is 0 Å². The van der Waals surface area contributed by atoms with Gasteiger partial charge in [-0.3, -0.25) is 0 Å². The molecule has 0 unspecified atom stereocenters. The quantitative estimate of drug-likeness (QED) is 0.206. The molecule has 0 N–H and O–H groups in total. The van der Waals surface area contributed by atoms with Gasteiger partial charge >= 0.3 is 105 Å². The molecule has 0 spiro atoms. The third-order valence-electron chi connectivity index (χ3n) is 0. The molecule has 0 aromatic carbocycles. The second-order valence-corrected chi connectivity index (χ2v) is 0. The maximum atomic E-state index is 0. The van der Waals surface area contributed by atoms with E-state index in [1.165, 1.54) is 0 Å². The van der Waals surface area contributed by atoms with Crippen molar-refractivity contribution in [3.8, 4) is 0 Å². The van der Waals surface area contributed by atoms with E-state index in [1.807, 2.05) is 0 Å². The van der Waals surface area contributed by atoms with Crippen LogP contribution in [0.4, 0.5) is 0 Å². The molecular weight excluding hydrogens is 800 g/mol. The molecule has 22 heteroatoms. The van der Waals surface area contributed by atoms with Crippen LogP contribution in [0.25, 0.3) is 36.9 Å². The standard InChI is InChI=1S/5Mo.6N.6O.5H4Si/h;;;;;;;;;;;;;;;;;5*1H4/q5*+6;6*-3;6*-2;;;;;. The molecule has 12 nitrogen and oxygen atoms in total. The van der Waals surface area contributed by atoms with Crippen LogP contribution in [0.1, 0.15) is 0 Å². The van der Waals surface area contributed by atoms with Crippen LogP contribution in [0.2, 0.25) is 0 Å². The van der Waals surface area contributed by atoms with Crippen molar-refractivity contribution in [1.29, 1.82) is 0 Å². The molecule has 0 aromatic rings. The van der Waals surface area contributed by atoms with E-state index in [1.54, 1.807) is 0 Å². The molecule has 0 fully saturated rings. The molecule has 0 aliphatic heterocycles. The van der Waals surface area contributed by atoms with Crippen molar-refractivity contribution in [1.82, 2.24) is 0 Å². The summed E-state index contributed by atoms with van der Waals surface area (Å²) < 4.78 is 0. The summed E-state index contributed by atoms with van der Waals surface area (Å²) in [5.74, 6) is 0. The van der Waals surface area contributed by atoms with Crippen molar-refractivity contribution in [2.24, 2.45) is 0 Å². The molecule has 0 saturated carbocycles. The first-order chi connectivity index (χ1) is 0. The van der Waals surface area contributed by atoms with Crippen LogP contribution in [0.5, 0.6) is 0 Å². The van der Waals surface area contributed by atoms with E-state index >= 15 is 0 Å². The first kappa shape index (κ1) is 998. The van der Waals surface area contributed by atoms with Crippen LogP contribution in [0.15, 0.2) is 0 Å². The van der Waals surface area contributed by atoms with Crippen molar-refractivity contribution in [2.75, 3.05) is 0 Å². The molecule has 22 heavy (non-hydrogen) atoms. The summed E-state index contributed by atoms with van der Waals surface area (Å²) in [6.07, 6.45) is 0. The second kappa shape index (κ2) is 885. The van der Waals surface area contributed by atoms with Crippen LogP contribution < -0.4 is 0 Å².